The molecule has 1 aromatic rings. The molecule has 0 fully saturated rings. The molecule has 1 rings (SSSR count). The van der Waals surface area contributed by atoms with Crippen molar-refractivity contribution in [2.45, 2.75) is 13.0 Å². The molecule has 0 unspecified atom stereocenters. The summed E-state index contributed by atoms with van der Waals surface area (Å²) in [5, 5.41) is 0. The molecule has 3 nitrogen and oxygen atoms in total. The fraction of sp³-hybridized carbons (Fsp3) is 0.375. The SMILES string of the molecule is COC(=O)Cc1ccc(CN)s1.Cl. The van der Waals surface area contributed by atoms with E-state index in [-0.39, 0.29) is 18.4 Å². The van der Waals surface area contributed by atoms with Crippen LogP contribution in [0.5, 0.6) is 0 Å². The van der Waals surface area contributed by atoms with Gasteiger partial charge in [0.15, 0.2) is 0 Å². The van der Waals surface area contributed by atoms with Crippen molar-refractivity contribution in [3.63, 3.8) is 0 Å². The normalized spacial score (nSPS) is 9.08. The van der Waals surface area contributed by atoms with Gasteiger partial charge >= 0.3 is 5.97 Å². The number of esters is 1. The molecule has 0 aliphatic heterocycles. The van der Waals surface area contributed by atoms with Crippen molar-refractivity contribution >= 4 is 29.7 Å². The zero-order valence-corrected chi connectivity index (χ0v) is 8.91. The van der Waals surface area contributed by atoms with E-state index in [1.54, 1.807) is 11.3 Å². The van der Waals surface area contributed by atoms with Crippen LogP contribution < -0.4 is 5.73 Å². The summed E-state index contributed by atoms with van der Waals surface area (Å²) in [7, 11) is 1.39. The lowest BCUT2D eigenvalue weighted by Crippen LogP contribution is -2.02. The third-order valence-corrected chi connectivity index (χ3v) is 2.57. The Morgan fingerprint density at radius 1 is 1.54 bits per heavy atom. The third kappa shape index (κ3) is 3.76. The van der Waals surface area contributed by atoms with Crippen LogP contribution in [-0.2, 0) is 22.5 Å². The molecule has 0 atom stereocenters. The quantitative estimate of drug-likeness (QED) is 0.784. The molecular formula is C8H12ClNO2S. The third-order valence-electron chi connectivity index (χ3n) is 1.46. The van der Waals surface area contributed by atoms with E-state index in [4.69, 9.17) is 5.73 Å². The smallest absolute Gasteiger partial charge is 0.310 e. The first kappa shape index (κ1) is 12.4. The van der Waals surface area contributed by atoms with E-state index in [1.807, 2.05) is 12.1 Å². The lowest BCUT2D eigenvalue weighted by atomic mass is 10.3. The van der Waals surface area contributed by atoms with Crippen LogP contribution in [0.15, 0.2) is 12.1 Å². The minimum Gasteiger partial charge on any atom is -0.469 e. The van der Waals surface area contributed by atoms with Crippen LogP contribution in [0, 0.1) is 0 Å². The summed E-state index contributed by atoms with van der Waals surface area (Å²) < 4.78 is 4.53. The number of hydrogen-bond acceptors (Lipinski definition) is 4. The van der Waals surface area contributed by atoms with Crippen LogP contribution in [0.3, 0.4) is 0 Å². The van der Waals surface area contributed by atoms with E-state index >= 15 is 0 Å². The summed E-state index contributed by atoms with van der Waals surface area (Å²) in [5.41, 5.74) is 5.42. The van der Waals surface area contributed by atoms with Crippen LogP contribution in [-0.4, -0.2) is 13.1 Å². The predicted octanol–water partition coefficient (Wildman–Crippen LogP) is 1.34. The van der Waals surface area contributed by atoms with Gasteiger partial charge in [0.1, 0.15) is 0 Å². The maximum absolute atomic E-state index is 10.8. The number of nitrogens with two attached hydrogens (primary N) is 1. The summed E-state index contributed by atoms with van der Waals surface area (Å²) in [5.74, 6) is -0.208. The Bertz CT molecular complexity index is 275. The van der Waals surface area contributed by atoms with Crippen LogP contribution >= 0.6 is 23.7 Å². The first-order valence-corrected chi connectivity index (χ1v) is 4.42. The van der Waals surface area contributed by atoms with Crippen LogP contribution in [0.25, 0.3) is 0 Å². The van der Waals surface area contributed by atoms with Gasteiger partial charge in [-0.25, -0.2) is 0 Å². The van der Waals surface area contributed by atoms with E-state index in [0.29, 0.717) is 13.0 Å². The van der Waals surface area contributed by atoms with E-state index in [2.05, 4.69) is 4.74 Å². The van der Waals surface area contributed by atoms with Gasteiger partial charge in [0, 0.05) is 16.3 Å². The molecule has 13 heavy (non-hydrogen) atoms. The average Bonchev–Trinajstić information content (AvgIpc) is 2.52. The van der Waals surface area contributed by atoms with Crippen molar-refractivity contribution < 1.29 is 9.53 Å². The Morgan fingerprint density at radius 3 is 2.62 bits per heavy atom. The molecule has 0 saturated carbocycles. The second-order valence-corrected chi connectivity index (χ2v) is 3.58. The van der Waals surface area contributed by atoms with E-state index in [9.17, 15) is 4.79 Å². The molecule has 0 radical (unpaired) electrons. The molecule has 0 aliphatic carbocycles. The number of thiophene rings is 1. The van der Waals surface area contributed by atoms with Crippen molar-refractivity contribution in [2.75, 3.05) is 7.11 Å². The summed E-state index contributed by atoms with van der Waals surface area (Å²) >= 11 is 1.55. The van der Waals surface area contributed by atoms with Crippen molar-refractivity contribution in [1.82, 2.24) is 0 Å². The molecular weight excluding hydrogens is 210 g/mol. The lowest BCUT2D eigenvalue weighted by Gasteiger charge is -1.94. The highest BCUT2D eigenvalue weighted by atomic mass is 35.5. The lowest BCUT2D eigenvalue weighted by molar-refractivity contribution is -0.139. The van der Waals surface area contributed by atoms with Crippen LogP contribution in [0.2, 0.25) is 0 Å². The second-order valence-electron chi connectivity index (χ2n) is 2.33. The van der Waals surface area contributed by atoms with Gasteiger partial charge in [0.05, 0.1) is 13.5 Å². The molecule has 0 spiro atoms. The van der Waals surface area contributed by atoms with Gasteiger partial charge in [0.25, 0.3) is 0 Å². The van der Waals surface area contributed by atoms with Crippen molar-refractivity contribution in [1.29, 1.82) is 0 Å². The number of hydrogen-bond donors (Lipinski definition) is 1. The standard InChI is InChI=1S/C8H11NO2S.ClH/c1-11-8(10)4-6-2-3-7(5-9)12-6;/h2-3H,4-5,9H2,1H3;1H. The minimum atomic E-state index is -0.208. The highest BCUT2D eigenvalue weighted by molar-refractivity contribution is 7.12. The molecule has 2 N–H and O–H groups in total. The summed E-state index contributed by atoms with van der Waals surface area (Å²) in [6.07, 6.45) is 0.348. The average molecular weight is 222 g/mol. The van der Waals surface area contributed by atoms with Crippen molar-refractivity contribution in [2.24, 2.45) is 5.73 Å². The minimum absolute atomic E-state index is 0. The van der Waals surface area contributed by atoms with Gasteiger partial charge in [0.2, 0.25) is 0 Å². The Labute approximate surface area is 87.3 Å². The summed E-state index contributed by atoms with van der Waals surface area (Å²) in [6.45, 7) is 0.534. The van der Waals surface area contributed by atoms with E-state index in [0.717, 1.165) is 9.75 Å². The van der Waals surface area contributed by atoms with E-state index < -0.39 is 0 Å². The fourth-order valence-electron chi connectivity index (χ4n) is 0.841. The van der Waals surface area contributed by atoms with Crippen LogP contribution in [0.4, 0.5) is 0 Å². The highest BCUT2D eigenvalue weighted by Gasteiger charge is 2.04. The predicted molar refractivity (Wildman–Crippen MR) is 55.2 cm³/mol. The maximum Gasteiger partial charge on any atom is 0.310 e. The Kier molecular flexibility index (Phi) is 5.70. The molecule has 1 heterocycles. The van der Waals surface area contributed by atoms with Gasteiger partial charge in [-0.05, 0) is 12.1 Å². The topological polar surface area (TPSA) is 52.3 Å². The van der Waals surface area contributed by atoms with Gasteiger partial charge < -0.3 is 10.5 Å². The molecule has 74 valence electrons. The molecule has 1 aromatic heterocycles. The van der Waals surface area contributed by atoms with Crippen molar-refractivity contribution in [3.05, 3.63) is 21.9 Å². The highest BCUT2D eigenvalue weighted by Crippen LogP contribution is 2.16. The number of rotatable bonds is 3. The van der Waals surface area contributed by atoms with Gasteiger partial charge in [-0.1, -0.05) is 0 Å². The maximum atomic E-state index is 10.8. The number of ether oxygens (including phenoxy) is 1. The number of methoxy groups -OCH3 is 1. The largest absolute Gasteiger partial charge is 0.469 e. The zero-order chi connectivity index (χ0) is 8.97. The van der Waals surface area contributed by atoms with Gasteiger partial charge in [-0.3, -0.25) is 4.79 Å². The van der Waals surface area contributed by atoms with E-state index in [1.165, 1.54) is 7.11 Å². The van der Waals surface area contributed by atoms with Crippen molar-refractivity contribution in [3.8, 4) is 0 Å². The molecule has 0 bridgehead atoms. The first-order chi connectivity index (χ1) is 5.76. The number of halogens is 1. The molecule has 5 heteroatoms. The number of carbonyl (C=O) groups is 1. The number of carbonyl (C=O) groups excluding carboxylic acids is 1. The monoisotopic (exact) mass is 221 g/mol. The Balaban J connectivity index is 0.00000144. The molecule has 0 amide bonds. The first-order valence-electron chi connectivity index (χ1n) is 3.60. The summed E-state index contributed by atoms with van der Waals surface area (Å²) in [4.78, 5) is 12.9. The van der Waals surface area contributed by atoms with Gasteiger partial charge in [-0.2, -0.15) is 0 Å². The van der Waals surface area contributed by atoms with Crippen LogP contribution in [0.1, 0.15) is 9.75 Å². The Morgan fingerprint density at radius 2 is 2.15 bits per heavy atom. The molecule has 0 saturated heterocycles. The zero-order valence-electron chi connectivity index (χ0n) is 7.28. The molecule has 0 aliphatic rings. The Hall–Kier alpha value is -0.580. The van der Waals surface area contributed by atoms with Gasteiger partial charge in [-0.15, -0.1) is 23.7 Å². The second kappa shape index (κ2) is 5.96. The molecule has 0 aromatic carbocycles. The summed E-state index contributed by atoms with van der Waals surface area (Å²) in [6, 6.07) is 3.84. The fourth-order valence-corrected chi connectivity index (χ4v) is 1.72.